The molecule has 22 rings (SSSR count). The highest BCUT2D eigenvalue weighted by molar-refractivity contribution is 6.10. The van der Waals surface area contributed by atoms with Crippen LogP contribution in [0.1, 0.15) is 49.9 Å². The molecule has 2 aliphatic carbocycles. The van der Waals surface area contributed by atoms with Gasteiger partial charge in [-0.05, 0) is 164 Å². The largest absolute Gasteiger partial charge is 0.310 e. The van der Waals surface area contributed by atoms with Crippen LogP contribution in [-0.4, -0.2) is 39.0 Å². The molecule has 560 valence electrons. The van der Waals surface area contributed by atoms with E-state index in [0.29, 0.717) is 35.2 Å². The Bertz CT molecular complexity index is 7050. The lowest BCUT2D eigenvalue weighted by molar-refractivity contribution is 0.660. The SMILES string of the molecule is CC1(C)c2ccccc2-c2cc(-c3nc(-c4ccc(-c5cccc(N(c6ccccc6)c6ccccc6)c5)cc4)nc(-n4c5ccccc5c5ccccc54)n3)ccc21.CC1(C)c2ccccc2-c2cc(-c3nc(-c4ccc(-c5ccccc5N(c5ccccc5)c5ccccc5)cc4)nc(-n4c5ccccc5c5ccccc54)n3)ccc21. The fraction of sp³-hybridized carbons (Fsp3) is 0.0556. The van der Waals surface area contributed by atoms with Crippen molar-refractivity contribution in [1.82, 2.24) is 39.0 Å². The molecule has 0 radical (unpaired) electrons. The molecule has 0 aliphatic heterocycles. The third-order valence-corrected chi connectivity index (χ3v) is 23.7. The average Bonchev–Trinajstić information content (AvgIpc) is 1.59. The van der Waals surface area contributed by atoms with Gasteiger partial charge in [-0.25, -0.2) is 9.97 Å². The Morgan fingerprint density at radius 2 is 0.508 bits per heavy atom. The van der Waals surface area contributed by atoms with Crippen LogP contribution in [0.4, 0.5) is 34.1 Å². The van der Waals surface area contributed by atoms with E-state index in [1.54, 1.807) is 0 Å². The maximum absolute atomic E-state index is 5.28. The first kappa shape index (κ1) is 70.6. The maximum atomic E-state index is 5.28. The summed E-state index contributed by atoms with van der Waals surface area (Å²) in [5.41, 5.74) is 29.1. The first-order valence-electron chi connectivity index (χ1n) is 40.2. The van der Waals surface area contributed by atoms with Crippen LogP contribution in [0.3, 0.4) is 0 Å². The number of fused-ring (bicyclic) bond motifs is 12. The summed E-state index contributed by atoms with van der Waals surface area (Å²) in [6.45, 7) is 9.23. The fourth-order valence-corrected chi connectivity index (χ4v) is 18.0. The minimum Gasteiger partial charge on any atom is -0.310 e. The van der Waals surface area contributed by atoms with Crippen molar-refractivity contribution >= 4 is 77.7 Å². The van der Waals surface area contributed by atoms with Gasteiger partial charge in [-0.2, -0.15) is 19.9 Å². The van der Waals surface area contributed by atoms with Gasteiger partial charge in [0.15, 0.2) is 23.3 Å². The number of aromatic nitrogens is 8. The second kappa shape index (κ2) is 29.0. The van der Waals surface area contributed by atoms with Crippen molar-refractivity contribution in [2.24, 2.45) is 0 Å². The van der Waals surface area contributed by atoms with E-state index in [1.807, 2.05) is 0 Å². The van der Waals surface area contributed by atoms with Crippen molar-refractivity contribution in [3.05, 3.63) is 423 Å². The van der Waals surface area contributed by atoms with E-state index in [9.17, 15) is 0 Å². The van der Waals surface area contributed by atoms with Gasteiger partial charge in [0.1, 0.15) is 0 Å². The molecule has 0 spiro atoms. The Labute approximate surface area is 685 Å². The molecule has 0 N–H and O–H groups in total. The van der Waals surface area contributed by atoms with E-state index in [1.165, 1.54) is 44.5 Å². The molecular formula is C108H78N10. The van der Waals surface area contributed by atoms with Crippen LogP contribution < -0.4 is 9.80 Å². The van der Waals surface area contributed by atoms with Crippen LogP contribution in [0, 0.1) is 0 Å². The Morgan fingerprint density at radius 1 is 0.203 bits per heavy atom. The van der Waals surface area contributed by atoms with E-state index in [-0.39, 0.29) is 10.8 Å². The quantitative estimate of drug-likeness (QED) is 0.106. The predicted octanol–water partition coefficient (Wildman–Crippen LogP) is 27.5. The number of nitrogens with zero attached hydrogens (tertiary/aromatic N) is 10. The van der Waals surface area contributed by atoms with Crippen molar-refractivity contribution in [3.8, 4) is 102 Å². The molecule has 4 aromatic heterocycles. The minimum atomic E-state index is -0.0948. The lowest BCUT2D eigenvalue weighted by Crippen LogP contribution is -2.14. The van der Waals surface area contributed by atoms with Gasteiger partial charge in [-0.15, -0.1) is 0 Å². The number of hydrogen-bond acceptors (Lipinski definition) is 8. The molecule has 0 bridgehead atoms. The molecule has 0 amide bonds. The molecule has 0 fully saturated rings. The van der Waals surface area contributed by atoms with Crippen LogP contribution in [-0.2, 0) is 10.8 Å². The van der Waals surface area contributed by atoms with Gasteiger partial charge < -0.3 is 9.80 Å². The zero-order chi connectivity index (χ0) is 79.0. The van der Waals surface area contributed by atoms with Gasteiger partial charge in [-0.1, -0.05) is 325 Å². The molecule has 2 aliphatic rings. The van der Waals surface area contributed by atoms with Crippen LogP contribution >= 0.6 is 0 Å². The number of anilines is 6. The molecule has 0 saturated heterocycles. The van der Waals surface area contributed by atoms with Crippen LogP contribution in [0.5, 0.6) is 0 Å². The highest BCUT2D eigenvalue weighted by Gasteiger charge is 2.37. The summed E-state index contributed by atoms with van der Waals surface area (Å²) in [6, 6.07) is 141. The predicted molar refractivity (Wildman–Crippen MR) is 485 cm³/mol. The molecule has 118 heavy (non-hydrogen) atoms. The smallest absolute Gasteiger partial charge is 0.238 e. The third kappa shape index (κ3) is 12.3. The summed E-state index contributed by atoms with van der Waals surface area (Å²) in [4.78, 5) is 36.1. The van der Waals surface area contributed by atoms with E-state index < -0.39 is 0 Å². The van der Waals surface area contributed by atoms with E-state index in [0.717, 1.165) is 122 Å². The van der Waals surface area contributed by atoms with Crippen molar-refractivity contribution in [3.63, 3.8) is 0 Å². The summed E-state index contributed by atoms with van der Waals surface area (Å²) in [6.07, 6.45) is 0. The third-order valence-electron chi connectivity index (χ3n) is 23.7. The van der Waals surface area contributed by atoms with Gasteiger partial charge in [0.05, 0.1) is 27.8 Å². The highest BCUT2D eigenvalue weighted by atomic mass is 15.2. The summed E-state index contributed by atoms with van der Waals surface area (Å²) in [5, 5.41) is 4.64. The molecule has 16 aromatic carbocycles. The molecule has 0 atom stereocenters. The summed E-state index contributed by atoms with van der Waals surface area (Å²) >= 11 is 0. The van der Waals surface area contributed by atoms with Gasteiger partial charge in [0, 0.05) is 88.6 Å². The Kier molecular flexibility index (Phi) is 17.3. The van der Waals surface area contributed by atoms with E-state index >= 15 is 0 Å². The molecule has 10 heteroatoms. The first-order chi connectivity index (χ1) is 58.0. The van der Waals surface area contributed by atoms with E-state index in [4.69, 9.17) is 29.9 Å². The van der Waals surface area contributed by atoms with Crippen LogP contribution in [0.2, 0.25) is 0 Å². The molecule has 10 nitrogen and oxygen atoms in total. The Hall–Kier alpha value is -15.3. The number of para-hydroxylation sites is 9. The lowest BCUT2D eigenvalue weighted by atomic mass is 9.82. The lowest BCUT2D eigenvalue weighted by Gasteiger charge is -2.27. The first-order valence-corrected chi connectivity index (χ1v) is 40.2. The maximum Gasteiger partial charge on any atom is 0.238 e. The normalized spacial score (nSPS) is 12.7. The van der Waals surface area contributed by atoms with Crippen molar-refractivity contribution in [1.29, 1.82) is 0 Å². The molecule has 0 saturated carbocycles. The van der Waals surface area contributed by atoms with Crippen LogP contribution in [0.25, 0.3) is 146 Å². The zero-order valence-corrected chi connectivity index (χ0v) is 65.6. The van der Waals surface area contributed by atoms with Crippen LogP contribution in [0.15, 0.2) is 400 Å². The van der Waals surface area contributed by atoms with Gasteiger partial charge >= 0.3 is 0 Å². The van der Waals surface area contributed by atoms with Gasteiger partial charge in [-0.3, -0.25) is 9.13 Å². The summed E-state index contributed by atoms with van der Waals surface area (Å²) in [7, 11) is 0. The fourth-order valence-electron chi connectivity index (χ4n) is 18.0. The number of benzene rings is 16. The topological polar surface area (TPSA) is 93.7 Å². The summed E-state index contributed by atoms with van der Waals surface area (Å²) in [5.74, 6) is 3.67. The van der Waals surface area contributed by atoms with Crippen molar-refractivity contribution < 1.29 is 0 Å². The van der Waals surface area contributed by atoms with Crippen molar-refractivity contribution in [2.75, 3.05) is 9.80 Å². The Balaban J connectivity index is 0.000000147. The van der Waals surface area contributed by atoms with E-state index in [2.05, 4.69) is 447 Å². The van der Waals surface area contributed by atoms with Gasteiger partial charge in [0.2, 0.25) is 11.9 Å². The number of hydrogen-bond donors (Lipinski definition) is 0. The molecule has 0 unspecified atom stereocenters. The minimum absolute atomic E-state index is 0.0918. The highest BCUT2D eigenvalue weighted by Crippen LogP contribution is 2.52. The average molecular weight is 1520 g/mol. The summed E-state index contributed by atoms with van der Waals surface area (Å²) < 4.78 is 4.35. The monoisotopic (exact) mass is 1510 g/mol. The zero-order valence-electron chi connectivity index (χ0n) is 65.6. The second-order valence-electron chi connectivity index (χ2n) is 31.4. The standard InChI is InChI=1S/2C54H39N5/c1-54(2)46-25-13-9-22-42(46)45-35-38(33-34-47(45)54)52-55-51(56-53(57-52)59-49-27-15-11-23-43(49)44-24-12-16-28-50(44)59)37-31-29-36(30-32-37)41-21-10-14-26-48(41)58(39-17-5-3-6-18-39)40-19-7-4-8-20-40;1-54(2)47-25-12-9-22-43(47)46-35-39(32-33-48(46)54)52-55-51(56-53(57-52)59-49-26-13-10-23-44(49)45-24-11-14-27-50(45)59)37-30-28-36(29-31-37)38-16-15-21-42(34-38)58(40-17-5-3-6-18-40)41-19-7-4-8-20-41/h2*3-35H,1-2H3. The van der Waals surface area contributed by atoms with Gasteiger partial charge in [0.25, 0.3) is 0 Å². The molecular weight excluding hydrogens is 1440 g/mol. The molecule has 4 heterocycles. The van der Waals surface area contributed by atoms with Crippen molar-refractivity contribution in [2.45, 2.75) is 38.5 Å². The Morgan fingerprint density at radius 3 is 0.924 bits per heavy atom. The number of rotatable bonds is 14. The molecule has 20 aromatic rings. The second-order valence-corrected chi connectivity index (χ2v) is 31.4.